The van der Waals surface area contributed by atoms with Gasteiger partial charge in [-0.3, -0.25) is 15.0 Å². The van der Waals surface area contributed by atoms with E-state index in [9.17, 15) is 19.5 Å². The van der Waals surface area contributed by atoms with Gasteiger partial charge in [0.1, 0.15) is 0 Å². The molecule has 0 spiro atoms. The number of carbonyl (C=O) groups is 3. The van der Waals surface area contributed by atoms with Crippen molar-refractivity contribution in [1.82, 2.24) is 15.3 Å². The van der Waals surface area contributed by atoms with Crippen molar-refractivity contribution in [2.24, 2.45) is 5.92 Å². The fourth-order valence-electron chi connectivity index (χ4n) is 3.19. The predicted molar refractivity (Wildman–Crippen MR) is 103 cm³/mol. The zero-order chi connectivity index (χ0) is 20.0. The van der Waals surface area contributed by atoms with Crippen molar-refractivity contribution in [2.75, 3.05) is 14.1 Å². The second-order valence-electron chi connectivity index (χ2n) is 6.76. The van der Waals surface area contributed by atoms with Crippen LogP contribution < -0.4 is 5.43 Å². The number of halogens is 1. The van der Waals surface area contributed by atoms with Gasteiger partial charge in [0, 0.05) is 31.1 Å². The Kier molecular flexibility index (Phi) is 7.24. The highest BCUT2D eigenvalue weighted by Gasteiger charge is 2.34. The quantitative estimate of drug-likeness (QED) is 0.607. The molecule has 8 heteroatoms. The summed E-state index contributed by atoms with van der Waals surface area (Å²) < 4.78 is 0. The summed E-state index contributed by atoms with van der Waals surface area (Å²) >= 11 is 5.82. The number of nitrogens with one attached hydrogen (secondary N) is 1. The molecule has 0 saturated heterocycles. The van der Waals surface area contributed by atoms with Crippen LogP contribution in [0.1, 0.15) is 31.2 Å². The molecule has 7 nitrogen and oxygen atoms in total. The molecule has 1 aromatic rings. The number of hydrogen-bond acceptors (Lipinski definition) is 3. The van der Waals surface area contributed by atoms with Crippen molar-refractivity contribution in [1.29, 1.82) is 0 Å². The first-order chi connectivity index (χ1) is 12.8. The molecule has 0 radical (unpaired) electrons. The topological polar surface area (TPSA) is 90.0 Å². The molecule has 0 bridgehead atoms. The van der Waals surface area contributed by atoms with Crippen molar-refractivity contribution in [3.63, 3.8) is 0 Å². The fourth-order valence-corrected chi connectivity index (χ4v) is 3.31. The van der Waals surface area contributed by atoms with Crippen LogP contribution in [0.2, 0.25) is 5.02 Å². The van der Waals surface area contributed by atoms with Gasteiger partial charge in [0.2, 0.25) is 5.91 Å². The molecule has 2 atom stereocenters. The number of benzene rings is 1. The molecule has 146 valence electrons. The maximum Gasteiger partial charge on any atom is 0.426 e. The lowest BCUT2D eigenvalue weighted by molar-refractivity contribution is -0.135. The van der Waals surface area contributed by atoms with Crippen LogP contribution in [0.4, 0.5) is 4.79 Å². The molecule has 1 aliphatic rings. The SMILES string of the molecule is CN(C)C(=O)[C@H]1CCCC(N(NC(=O)C=Cc2ccc(Cl)cc2)C(=O)O)C1. The van der Waals surface area contributed by atoms with Gasteiger partial charge in [-0.15, -0.1) is 0 Å². The van der Waals surface area contributed by atoms with E-state index in [0.717, 1.165) is 23.4 Å². The molecule has 0 aliphatic heterocycles. The van der Waals surface area contributed by atoms with Crippen LogP contribution in [0.15, 0.2) is 30.3 Å². The van der Waals surface area contributed by atoms with E-state index in [2.05, 4.69) is 5.43 Å². The zero-order valence-corrected chi connectivity index (χ0v) is 16.1. The molecule has 2 rings (SSSR count). The summed E-state index contributed by atoms with van der Waals surface area (Å²) in [7, 11) is 3.37. The summed E-state index contributed by atoms with van der Waals surface area (Å²) in [6, 6.07) is 6.47. The molecule has 1 fully saturated rings. The van der Waals surface area contributed by atoms with Crippen molar-refractivity contribution < 1.29 is 19.5 Å². The van der Waals surface area contributed by atoms with Gasteiger partial charge in [-0.2, -0.15) is 0 Å². The Balaban J connectivity index is 2.01. The second-order valence-corrected chi connectivity index (χ2v) is 7.20. The maximum atomic E-state index is 12.2. The first-order valence-corrected chi connectivity index (χ1v) is 9.13. The van der Waals surface area contributed by atoms with Crippen LogP contribution in [-0.2, 0) is 9.59 Å². The number of rotatable bonds is 4. The predicted octanol–water partition coefficient (Wildman–Crippen LogP) is 3.01. The van der Waals surface area contributed by atoms with E-state index in [0.29, 0.717) is 17.9 Å². The molecule has 27 heavy (non-hydrogen) atoms. The molecule has 0 aromatic heterocycles. The van der Waals surface area contributed by atoms with E-state index in [-0.39, 0.29) is 11.8 Å². The van der Waals surface area contributed by atoms with Crippen LogP contribution in [0.5, 0.6) is 0 Å². The minimum atomic E-state index is -1.24. The van der Waals surface area contributed by atoms with Crippen molar-refractivity contribution in [2.45, 2.75) is 31.7 Å². The van der Waals surface area contributed by atoms with E-state index < -0.39 is 18.0 Å². The van der Waals surface area contributed by atoms with Gasteiger partial charge in [-0.25, -0.2) is 9.80 Å². The molecule has 1 unspecified atom stereocenters. The Hall–Kier alpha value is -2.54. The van der Waals surface area contributed by atoms with E-state index in [1.165, 1.54) is 11.0 Å². The maximum absolute atomic E-state index is 12.2. The van der Waals surface area contributed by atoms with Gasteiger partial charge in [-0.1, -0.05) is 30.2 Å². The highest BCUT2D eigenvalue weighted by molar-refractivity contribution is 6.30. The first-order valence-electron chi connectivity index (χ1n) is 8.75. The summed E-state index contributed by atoms with van der Waals surface area (Å²) in [5.74, 6) is -0.797. The van der Waals surface area contributed by atoms with Gasteiger partial charge in [0.05, 0.1) is 6.04 Å². The third kappa shape index (κ3) is 5.99. The summed E-state index contributed by atoms with van der Waals surface area (Å²) in [6.45, 7) is 0. The minimum absolute atomic E-state index is 0.0148. The van der Waals surface area contributed by atoms with Gasteiger partial charge in [0.25, 0.3) is 5.91 Å². The van der Waals surface area contributed by atoms with Crippen molar-refractivity contribution in [3.05, 3.63) is 40.9 Å². The monoisotopic (exact) mass is 393 g/mol. The Bertz CT molecular complexity index is 718. The molecule has 1 aromatic carbocycles. The van der Waals surface area contributed by atoms with Gasteiger partial charge >= 0.3 is 6.09 Å². The summed E-state index contributed by atoms with van der Waals surface area (Å²) in [6.07, 6.45) is 4.05. The summed E-state index contributed by atoms with van der Waals surface area (Å²) in [5, 5.41) is 11.0. The van der Waals surface area contributed by atoms with Crippen molar-refractivity contribution >= 4 is 35.6 Å². The molecule has 3 amide bonds. The normalized spacial score (nSPS) is 19.5. The summed E-state index contributed by atoms with van der Waals surface area (Å²) in [5.41, 5.74) is 3.18. The van der Waals surface area contributed by atoms with E-state index in [4.69, 9.17) is 11.6 Å². The number of amides is 3. The van der Waals surface area contributed by atoms with Gasteiger partial charge in [-0.05, 0) is 43.0 Å². The third-order valence-electron chi connectivity index (χ3n) is 4.54. The second kappa shape index (κ2) is 9.41. The molecular weight excluding hydrogens is 370 g/mol. The number of carbonyl (C=O) groups excluding carboxylic acids is 2. The van der Waals surface area contributed by atoms with Crippen LogP contribution in [0, 0.1) is 5.92 Å². The largest absolute Gasteiger partial charge is 0.464 e. The lowest BCUT2D eigenvalue weighted by Gasteiger charge is -2.35. The average molecular weight is 394 g/mol. The number of hydrogen-bond donors (Lipinski definition) is 2. The molecular formula is C19H24ClN3O4. The number of nitrogens with zero attached hydrogens (tertiary/aromatic N) is 2. The van der Waals surface area contributed by atoms with Crippen molar-refractivity contribution in [3.8, 4) is 0 Å². The molecule has 0 heterocycles. The van der Waals surface area contributed by atoms with E-state index in [1.54, 1.807) is 44.4 Å². The van der Waals surface area contributed by atoms with Gasteiger partial charge < -0.3 is 10.0 Å². The minimum Gasteiger partial charge on any atom is -0.464 e. The highest BCUT2D eigenvalue weighted by Crippen LogP contribution is 2.28. The molecule has 1 saturated carbocycles. The number of carboxylic acid groups (broad SMARTS) is 1. The summed E-state index contributed by atoms with van der Waals surface area (Å²) in [4.78, 5) is 37.5. The Labute approximate surface area is 163 Å². The number of hydrazine groups is 1. The van der Waals surface area contributed by atoms with E-state index >= 15 is 0 Å². The lowest BCUT2D eigenvalue weighted by Crippen LogP contribution is -2.53. The average Bonchev–Trinajstić information content (AvgIpc) is 2.64. The first kappa shape index (κ1) is 20.8. The van der Waals surface area contributed by atoms with Crippen LogP contribution in [0.3, 0.4) is 0 Å². The molecule has 2 N–H and O–H groups in total. The Morgan fingerprint density at radius 3 is 2.44 bits per heavy atom. The van der Waals surface area contributed by atoms with Crippen LogP contribution >= 0.6 is 11.6 Å². The highest BCUT2D eigenvalue weighted by atomic mass is 35.5. The van der Waals surface area contributed by atoms with Gasteiger partial charge in [0.15, 0.2) is 0 Å². The zero-order valence-electron chi connectivity index (χ0n) is 15.4. The molecule has 1 aliphatic carbocycles. The van der Waals surface area contributed by atoms with Crippen LogP contribution in [-0.4, -0.2) is 53.1 Å². The standard InChI is InChI=1S/C19H24ClN3O4/c1-22(2)18(25)14-4-3-5-16(12-14)23(19(26)27)21-17(24)11-8-13-6-9-15(20)10-7-13/h6-11,14,16H,3-5,12H2,1-2H3,(H,21,24)(H,26,27)/t14-,16?/m0/s1. The fraction of sp³-hybridized carbons (Fsp3) is 0.421. The smallest absolute Gasteiger partial charge is 0.426 e. The Morgan fingerprint density at radius 1 is 1.19 bits per heavy atom. The lowest BCUT2D eigenvalue weighted by atomic mass is 9.84. The third-order valence-corrected chi connectivity index (χ3v) is 4.79. The van der Waals surface area contributed by atoms with Crippen LogP contribution in [0.25, 0.3) is 6.08 Å². The van der Waals surface area contributed by atoms with E-state index in [1.807, 2.05) is 0 Å². The Morgan fingerprint density at radius 2 is 1.85 bits per heavy atom.